The molecule has 102 valence electrons. The summed E-state index contributed by atoms with van der Waals surface area (Å²) in [5.74, 6) is 0. The van der Waals surface area contributed by atoms with Crippen molar-refractivity contribution < 1.29 is 18.3 Å². The first kappa shape index (κ1) is 15.0. The van der Waals surface area contributed by atoms with Crippen LogP contribution in [0, 0.1) is 0 Å². The van der Waals surface area contributed by atoms with Crippen molar-refractivity contribution in [2.75, 3.05) is 6.54 Å². The first-order valence-electron chi connectivity index (χ1n) is 5.84. The minimum Gasteiger partial charge on any atom is -0.389 e. The van der Waals surface area contributed by atoms with Crippen LogP contribution in [0.4, 0.5) is 13.2 Å². The first-order chi connectivity index (χ1) is 8.24. The van der Waals surface area contributed by atoms with Gasteiger partial charge in [-0.2, -0.15) is 13.2 Å². The van der Waals surface area contributed by atoms with Gasteiger partial charge in [-0.1, -0.05) is 19.1 Å². The molecule has 0 aromatic heterocycles. The van der Waals surface area contributed by atoms with Crippen LogP contribution in [0.1, 0.15) is 31.4 Å². The summed E-state index contributed by atoms with van der Waals surface area (Å²) in [5.41, 5.74) is -0.673. The van der Waals surface area contributed by atoms with E-state index in [9.17, 15) is 18.3 Å². The zero-order chi connectivity index (χ0) is 13.8. The van der Waals surface area contributed by atoms with Gasteiger partial charge < -0.3 is 10.4 Å². The van der Waals surface area contributed by atoms with Crippen LogP contribution in [-0.2, 0) is 12.7 Å². The Morgan fingerprint density at radius 2 is 1.72 bits per heavy atom. The van der Waals surface area contributed by atoms with Gasteiger partial charge in [0.1, 0.15) is 0 Å². The maximum absolute atomic E-state index is 12.3. The highest BCUT2D eigenvalue weighted by Crippen LogP contribution is 2.29. The fourth-order valence-electron chi connectivity index (χ4n) is 1.41. The third-order valence-corrected chi connectivity index (χ3v) is 2.88. The van der Waals surface area contributed by atoms with Crippen LogP contribution in [0.2, 0.25) is 0 Å². The molecule has 1 aromatic rings. The van der Waals surface area contributed by atoms with Gasteiger partial charge in [0.15, 0.2) is 0 Å². The number of halogens is 3. The molecule has 0 aliphatic heterocycles. The maximum Gasteiger partial charge on any atom is 0.416 e. The van der Waals surface area contributed by atoms with Gasteiger partial charge >= 0.3 is 6.18 Å². The lowest BCUT2D eigenvalue weighted by atomic mass is 10.0. The Bertz CT molecular complexity index is 371. The SMILES string of the molecule is CCC(C)(O)CNCc1ccc(C(F)(F)F)cc1. The van der Waals surface area contributed by atoms with Crippen molar-refractivity contribution in [1.82, 2.24) is 5.32 Å². The first-order valence-corrected chi connectivity index (χ1v) is 5.84. The molecule has 0 amide bonds. The Hall–Kier alpha value is -1.07. The van der Waals surface area contributed by atoms with Gasteiger partial charge in [0.05, 0.1) is 11.2 Å². The van der Waals surface area contributed by atoms with E-state index in [1.807, 2.05) is 6.92 Å². The molecule has 0 aliphatic carbocycles. The molecule has 0 spiro atoms. The molecule has 0 saturated heterocycles. The summed E-state index contributed by atoms with van der Waals surface area (Å²) in [5, 5.41) is 12.8. The Morgan fingerprint density at radius 3 is 2.17 bits per heavy atom. The van der Waals surface area contributed by atoms with E-state index in [-0.39, 0.29) is 0 Å². The van der Waals surface area contributed by atoms with Gasteiger partial charge in [0.25, 0.3) is 0 Å². The van der Waals surface area contributed by atoms with Crippen molar-refractivity contribution in [2.24, 2.45) is 0 Å². The quantitative estimate of drug-likeness (QED) is 0.854. The second kappa shape index (κ2) is 5.71. The van der Waals surface area contributed by atoms with E-state index >= 15 is 0 Å². The van der Waals surface area contributed by atoms with Crippen molar-refractivity contribution in [2.45, 2.75) is 38.6 Å². The lowest BCUT2D eigenvalue weighted by molar-refractivity contribution is -0.137. The lowest BCUT2D eigenvalue weighted by Gasteiger charge is -2.21. The van der Waals surface area contributed by atoms with Gasteiger partial charge in [-0.3, -0.25) is 0 Å². The molecule has 0 fully saturated rings. The number of aliphatic hydroxyl groups is 1. The molecule has 0 aliphatic rings. The third kappa shape index (κ3) is 4.66. The van der Waals surface area contributed by atoms with Crippen molar-refractivity contribution in [3.8, 4) is 0 Å². The topological polar surface area (TPSA) is 32.3 Å². The van der Waals surface area contributed by atoms with Crippen LogP contribution in [0.25, 0.3) is 0 Å². The van der Waals surface area contributed by atoms with Crippen LogP contribution in [-0.4, -0.2) is 17.3 Å². The van der Waals surface area contributed by atoms with E-state index in [2.05, 4.69) is 5.32 Å². The Morgan fingerprint density at radius 1 is 1.17 bits per heavy atom. The number of alkyl halides is 3. The number of benzene rings is 1. The summed E-state index contributed by atoms with van der Waals surface area (Å²) < 4.78 is 37.0. The monoisotopic (exact) mass is 261 g/mol. The zero-order valence-electron chi connectivity index (χ0n) is 10.5. The summed E-state index contributed by atoms with van der Waals surface area (Å²) in [6.45, 7) is 4.44. The highest BCUT2D eigenvalue weighted by molar-refractivity contribution is 5.24. The van der Waals surface area contributed by atoms with E-state index in [1.54, 1.807) is 6.92 Å². The minimum absolute atomic E-state index is 0.407. The number of nitrogens with one attached hydrogen (secondary N) is 1. The second-order valence-electron chi connectivity index (χ2n) is 4.65. The molecule has 0 bridgehead atoms. The molecule has 0 saturated carbocycles. The molecule has 2 N–H and O–H groups in total. The van der Waals surface area contributed by atoms with E-state index in [0.717, 1.165) is 17.7 Å². The van der Waals surface area contributed by atoms with E-state index in [0.29, 0.717) is 19.5 Å². The minimum atomic E-state index is -4.29. The zero-order valence-corrected chi connectivity index (χ0v) is 10.5. The fraction of sp³-hybridized carbons (Fsp3) is 0.538. The number of hydrogen-bond acceptors (Lipinski definition) is 2. The van der Waals surface area contributed by atoms with Gasteiger partial charge in [0.2, 0.25) is 0 Å². The largest absolute Gasteiger partial charge is 0.416 e. The molecule has 2 nitrogen and oxygen atoms in total. The molecular weight excluding hydrogens is 243 g/mol. The van der Waals surface area contributed by atoms with E-state index in [4.69, 9.17) is 0 Å². The smallest absolute Gasteiger partial charge is 0.389 e. The summed E-state index contributed by atoms with van der Waals surface area (Å²) in [4.78, 5) is 0. The Labute approximate surface area is 105 Å². The van der Waals surface area contributed by atoms with E-state index in [1.165, 1.54) is 12.1 Å². The molecule has 1 rings (SSSR count). The van der Waals surface area contributed by atoms with Crippen molar-refractivity contribution in [1.29, 1.82) is 0 Å². The highest BCUT2D eigenvalue weighted by Gasteiger charge is 2.29. The van der Waals surface area contributed by atoms with Crippen LogP contribution in [0.3, 0.4) is 0 Å². The third-order valence-electron chi connectivity index (χ3n) is 2.88. The molecular formula is C13H18F3NO. The van der Waals surface area contributed by atoms with Crippen molar-refractivity contribution >= 4 is 0 Å². The van der Waals surface area contributed by atoms with Crippen LogP contribution in [0.5, 0.6) is 0 Å². The molecule has 1 aromatic carbocycles. The van der Waals surface area contributed by atoms with Gasteiger partial charge in [-0.25, -0.2) is 0 Å². The van der Waals surface area contributed by atoms with Crippen LogP contribution < -0.4 is 5.32 Å². The van der Waals surface area contributed by atoms with E-state index < -0.39 is 17.3 Å². The Balaban J connectivity index is 2.50. The number of rotatable bonds is 5. The normalized spacial score (nSPS) is 15.4. The summed E-state index contributed by atoms with van der Waals surface area (Å²) in [6, 6.07) is 5.01. The summed E-state index contributed by atoms with van der Waals surface area (Å²) in [7, 11) is 0. The molecule has 5 heteroatoms. The Kier molecular flexibility index (Phi) is 4.76. The highest BCUT2D eigenvalue weighted by atomic mass is 19.4. The summed E-state index contributed by atoms with van der Waals surface area (Å²) in [6.07, 6.45) is -3.68. The second-order valence-corrected chi connectivity index (χ2v) is 4.65. The van der Waals surface area contributed by atoms with Gasteiger partial charge in [0, 0.05) is 13.1 Å². The molecule has 1 atom stereocenters. The summed E-state index contributed by atoms with van der Waals surface area (Å²) >= 11 is 0. The maximum atomic E-state index is 12.3. The predicted octanol–water partition coefficient (Wildman–Crippen LogP) is 2.96. The van der Waals surface area contributed by atoms with Crippen LogP contribution in [0.15, 0.2) is 24.3 Å². The van der Waals surface area contributed by atoms with Crippen molar-refractivity contribution in [3.05, 3.63) is 35.4 Å². The lowest BCUT2D eigenvalue weighted by Crippen LogP contribution is -2.36. The number of hydrogen-bond donors (Lipinski definition) is 2. The standard InChI is InChI=1S/C13H18F3NO/c1-3-12(2,18)9-17-8-10-4-6-11(7-5-10)13(14,15)16/h4-7,17-18H,3,8-9H2,1-2H3. The average molecular weight is 261 g/mol. The fourth-order valence-corrected chi connectivity index (χ4v) is 1.41. The van der Waals surface area contributed by atoms with Crippen molar-refractivity contribution in [3.63, 3.8) is 0 Å². The predicted molar refractivity (Wildman–Crippen MR) is 64.1 cm³/mol. The van der Waals surface area contributed by atoms with Crippen LogP contribution >= 0.6 is 0 Å². The molecule has 18 heavy (non-hydrogen) atoms. The molecule has 0 heterocycles. The van der Waals surface area contributed by atoms with Gasteiger partial charge in [-0.05, 0) is 31.0 Å². The molecule has 0 radical (unpaired) electrons. The van der Waals surface area contributed by atoms with Gasteiger partial charge in [-0.15, -0.1) is 0 Å². The molecule has 1 unspecified atom stereocenters. The average Bonchev–Trinajstić information content (AvgIpc) is 2.28.